The number of carbonyl (C=O) groups is 2. The van der Waals surface area contributed by atoms with Crippen LogP contribution in [0.25, 0.3) is 0 Å². The van der Waals surface area contributed by atoms with Gasteiger partial charge < -0.3 is 5.32 Å². The van der Waals surface area contributed by atoms with Crippen molar-refractivity contribution in [1.82, 2.24) is 10.2 Å². The fourth-order valence-electron chi connectivity index (χ4n) is 2.28. The van der Waals surface area contributed by atoms with Crippen molar-refractivity contribution in [2.75, 3.05) is 10.6 Å². The van der Waals surface area contributed by atoms with Gasteiger partial charge >= 0.3 is 0 Å². The molecule has 2 N–H and O–H groups in total. The van der Waals surface area contributed by atoms with E-state index in [1.807, 2.05) is 11.4 Å². The third-order valence-corrected chi connectivity index (χ3v) is 5.16. The van der Waals surface area contributed by atoms with Gasteiger partial charge in [0, 0.05) is 6.42 Å². The standard InChI is InChI=1S/C18H18N4O2S2/c1-11(2)10-15-21-22-18(26-15)20-16(23)12-6-3-4-7-13(12)19-17(24)14-8-5-9-25-14/h3-9,11H,10H2,1-2H3,(H,19,24)(H,20,22,23). The normalized spacial score (nSPS) is 10.7. The lowest BCUT2D eigenvalue weighted by molar-refractivity contribution is 0.102. The minimum atomic E-state index is -0.334. The lowest BCUT2D eigenvalue weighted by Crippen LogP contribution is -2.17. The number of rotatable bonds is 6. The molecule has 2 heterocycles. The zero-order valence-corrected chi connectivity index (χ0v) is 16.0. The molecule has 3 aromatic rings. The van der Waals surface area contributed by atoms with Gasteiger partial charge in [0.15, 0.2) is 0 Å². The Bertz CT molecular complexity index is 904. The summed E-state index contributed by atoms with van der Waals surface area (Å²) in [5, 5.41) is 16.8. The van der Waals surface area contributed by atoms with Gasteiger partial charge in [-0.2, -0.15) is 0 Å². The average molecular weight is 387 g/mol. The molecule has 134 valence electrons. The van der Waals surface area contributed by atoms with Crippen molar-refractivity contribution in [2.24, 2.45) is 5.92 Å². The average Bonchev–Trinajstić information content (AvgIpc) is 3.27. The quantitative estimate of drug-likeness (QED) is 0.661. The molecule has 0 aliphatic heterocycles. The summed E-state index contributed by atoms with van der Waals surface area (Å²) in [4.78, 5) is 25.5. The third-order valence-electron chi connectivity index (χ3n) is 3.44. The third kappa shape index (κ3) is 4.53. The summed E-state index contributed by atoms with van der Waals surface area (Å²) in [5.41, 5.74) is 0.827. The summed E-state index contributed by atoms with van der Waals surface area (Å²) in [6.07, 6.45) is 0.820. The highest BCUT2D eigenvalue weighted by molar-refractivity contribution is 7.15. The summed E-state index contributed by atoms with van der Waals surface area (Å²) in [7, 11) is 0. The van der Waals surface area contributed by atoms with Gasteiger partial charge in [-0.3, -0.25) is 14.9 Å². The fraction of sp³-hybridized carbons (Fsp3) is 0.222. The molecule has 0 atom stereocenters. The minimum absolute atomic E-state index is 0.240. The zero-order valence-electron chi connectivity index (χ0n) is 14.4. The van der Waals surface area contributed by atoms with Crippen LogP contribution < -0.4 is 10.6 Å². The molecule has 0 unspecified atom stereocenters. The topological polar surface area (TPSA) is 84.0 Å². The summed E-state index contributed by atoms with van der Waals surface area (Å²) in [6, 6.07) is 10.4. The Hall–Kier alpha value is -2.58. The molecule has 6 nitrogen and oxygen atoms in total. The molecule has 26 heavy (non-hydrogen) atoms. The number of para-hydroxylation sites is 1. The van der Waals surface area contributed by atoms with E-state index in [0.29, 0.717) is 27.2 Å². The van der Waals surface area contributed by atoms with Crippen LogP contribution in [0.2, 0.25) is 0 Å². The molecular weight excluding hydrogens is 368 g/mol. The highest BCUT2D eigenvalue weighted by Gasteiger charge is 2.16. The number of hydrogen-bond donors (Lipinski definition) is 2. The minimum Gasteiger partial charge on any atom is -0.321 e. The van der Waals surface area contributed by atoms with Crippen LogP contribution >= 0.6 is 22.7 Å². The number of anilines is 2. The van der Waals surface area contributed by atoms with Crippen molar-refractivity contribution in [3.05, 3.63) is 57.2 Å². The molecule has 0 saturated carbocycles. The van der Waals surface area contributed by atoms with E-state index in [-0.39, 0.29) is 11.8 Å². The first-order chi connectivity index (χ1) is 12.5. The van der Waals surface area contributed by atoms with Gasteiger partial charge in [0.05, 0.1) is 16.1 Å². The van der Waals surface area contributed by atoms with Crippen molar-refractivity contribution in [3.8, 4) is 0 Å². The van der Waals surface area contributed by atoms with Gasteiger partial charge in [-0.05, 0) is 29.5 Å². The van der Waals surface area contributed by atoms with Crippen LogP contribution in [0, 0.1) is 5.92 Å². The monoisotopic (exact) mass is 386 g/mol. The molecule has 0 saturated heterocycles. The van der Waals surface area contributed by atoms with Crippen LogP contribution in [-0.4, -0.2) is 22.0 Å². The van der Waals surface area contributed by atoms with Gasteiger partial charge in [-0.15, -0.1) is 21.5 Å². The molecule has 0 bridgehead atoms. The van der Waals surface area contributed by atoms with E-state index >= 15 is 0 Å². The lowest BCUT2D eigenvalue weighted by atomic mass is 10.1. The second-order valence-electron chi connectivity index (χ2n) is 6.03. The Kier molecular flexibility index (Phi) is 5.75. The first-order valence-corrected chi connectivity index (χ1v) is 9.80. The number of benzene rings is 1. The van der Waals surface area contributed by atoms with Gasteiger partial charge in [0.25, 0.3) is 11.8 Å². The van der Waals surface area contributed by atoms with E-state index in [0.717, 1.165) is 11.4 Å². The van der Waals surface area contributed by atoms with Crippen LogP contribution in [0.15, 0.2) is 41.8 Å². The first-order valence-electron chi connectivity index (χ1n) is 8.10. The number of thiophene rings is 1. The number of nitrogens with one attached hydrogen (secondary N) is 2. The van der Waals surface area contributed by atoms with Crippen LogP contribution in [0.1, 0.15) is 38.9 Å². The van der Waals surface area contributed by atoms with E-state index in [1.165, 1.54) is 22.7 Å². The van der Waals surface area contributed by atoms with Crippen molar-refractivity contribution in [2.45, 2.75) is 20.3 Å². The molecule has 0 fully saturated rings. The SMILES string of the molecule is CC(C)Cc1nnc(NC(=O)c2ccccc2NC(=O)c2cccs2)s1. The number of amides is 2. The van der Waals surface area contributed by atoms with Gasteiger partial charge in [-0.1, -0.05) is 43.4 Å². The van der Waals surface area contributed by atoms with Gasteiger partial charge in [0.2, 0.25) is 5.13 Å². The Balaban J connectivity index is 1.73. The first kappa shape index (κ1) is 18.2. The Morgan fingerprint density at radius 2 is 1.85 bits per heavy atom. The highest BCUT2D eigenvalue weighted by Crippen LogP contribution is 2.22. The fourth-order valence-corrected chi connectivity index (χ4v) is 3.85. The number of aromatic nitrogens is 2. The largest absolute Gasteiger partial charge is 0.321 e. The maximum atomic E-state index is 12.6. The Morgan fingerprint density at radius 1 is 1.04 bits per heavy atom. The zero-order chi connectivity index (χ0) is 18.5. The highest BCUT2D eigenvalue weighted by atomic mass is 32.1. The summed E-state index contributed by atoms with van der Waals surface area (Å²) in [6.45, 7) is 4.21. The predicted octanol–water partition coefficient (Wildman–Crippen LogP) is 4.30. The second-order valence-corrected chi connectivity index (χ2v) is 8.04. The van der Waals surface area contributed by atoms with Crippen molar-refractivity contribution >= 4 is 45.3 Å². The smallest absolute Gasteiger partial charge is 0.265 e. The number of nitrogens with zero attached hydrogens (tertiary/aromatic N) is 2. The molecule has 0 aliphatic rings. The molecule has 0 aliphatic carbocycles. The molecule has 3 rings (SSSR count). The molecule has 2 aromatic heterocycles. The van der Waals surface area contributed by atoms with Crippen LogP contribution in [-0.2, 0) is 6.42 Å². The van der Waals surface area contributed by atoms with Crippen molar-refractivity contribution in [3.63, 3.8) is 0 Å². The molecule has 2 amide bonds. The van der Waals surface area contributed by atoms with E-state index in [2.05, 4.69) is 34.7 Å². The van der Waals surface area contributed by atoms with Crippen LogP contribution in [0.5, 0.6) is 0 Å². The van der Waals surface area contributed by atoms with Gasteiger partial charge in [-0.25, -0.2) is 0 Å². The lowest BCUT2D eigenvalue weighted by Gasteiger charge is -2.09. The summed E-state index contributed by atoms with van der Waals surface area (Å²) < 4.78 is 0. The molecule has 1 aromatic carbocycles. The maximum Gasteiger partial charge on any atom is 0.265 e. The number of hydrogen-bond acceptors (Lipinski definition) is 6. The molecule has 8 heteroatoms. The molecule has 0 radical (unpaired) electrons. The van der Waals surface area contributed by atoms with Crippen molar-refractivity contribution in [1.29, 1.82) is 0 Å². The van der Waals surface area contributed by atoms with E-state index in [4.69, 9.17) is 0 Å². The summed E-state index contributed by atoms with van der Waals surface area (Å²) >= 11 is 2.71. The predicted molar refractivity (Wildman–Crippen MR) is 105 cm³/mol. The van der Waals surface area contributed by atoms with Crippen LogP contribution in [0.4, 0.5) is 10.8 Å². The van der Waals surface area contributed by atoms with E-state index in [1.54, 1.807) is 30.3 Å². The van der Waals surface area contributed by atoms with Gasteiger partial charge in [0.1, 0.15) is 5.01 Å². The van der Waals surface area contributed by atoms with E-state index in [9.17, 15) is 9.59 Å². The summed E-state index contributed by atoms with van der Waals surface area (Å²) in [5.74, 6) is -0.102. The number of carbonyl (C=O) groups excluding carboxylic acids is 2. The Labute approximate surface area is 159 Å². The van der Waals surface area contributed by atoms with Crippen molar-refractivity contribution < 1.29 is 9.59 Å². The van der Waals surface area contributed by atoms with Crippen LogP contribution in [0.3, 0.4) is 0 Å². The van der Waals surface area contributed by atoms with E-state index < -0.39 is 0 Å². The Morgan fingerprint density at radius 3 is 2.58 bits per heavy atom. The molecular formula is C18H18N4O2S2. The maximum absolute atomic E-state index is 12.6. The second kappa shape index (κ2) is 8.20. The molecule has 0 spiro atoms.